The SMILES string of the molecule is CC1CC=C(C2CCC(O)C(F)C2F)CC1. The Morgan fingerprint density at radius 3 is 2.56 bits per heavy atom. The lowest BCUT2D eigenvalue weighted by Gasteiger charge is -2.35. The summed E-state index contributed by atoms with van der Waals surface area (Å²) in [5.74, 6) is 0.378. The van der Waals surface area contributed by atoms with Crippen molar-refractivity contribution in [3.8, 4) is 0 Å². The van der Waals surface area contributed by atoms with Gasteiger partial charge in [0.25, 0.3) is 0 Å². The van der Waals surface area contributed by atoms with Crippen LogP contribution in [0.15, 0.2) is 11.6 Å². The molecule has 1 nitrogen and oxygen atoms in total. The predicted octanol–water partition coefficient (Wildman–Crippen LogP) is 3.18. The lowest BCUT2D eigenvalue weighted by atomic mass is 9.75. The third-order valence-electron chi connectivity index (χ3n) is 4.01. The number of halogens is 2. The van der Waals surface area contributed by atoms with Crippen LogP contribution < -0.4 is 0 Å². The van der Waals surface area contributed by atoms with Gasteiger partial charge < -0.3 is 5.11 Å². The Hall–Kier alpha value is -0.440. The van der Waals surface area contributed by atoms with Gasteiger partial charge in [0.05, 0.1) is 6.10 Å². The van der Waals surface area contributed by atoms with Gasteiger partial charge in [-0.1, -0.05) is 18.6 Å². The minimum absolute atomic E-state index is 0.286. The van der Waals surface area contributed by atoms with Gasteiger partial charge in [0.2, 0.25) is 0 Å². The smallest absolute Gasteiger partial charge is 0.157 e. The highest BCUT2D eigenvalue weighted by Gasteiger charge is 2.41. The van der Waals surface area contributed by atoms with Crippen LogP contribution in [0.3, 0.4) is 0 Å². The number of hydrogen-bond acceptors (Lipinski definition) is 1. The van der Waals surface area contributed by atoms with E-state index >= 15 is 0 Å². The van der Waals surface area contributed by atoms with Gasteiger partial charge in [-0.25, -0.2) is 8.78 Å². The van der Waals surface area contributed by atoms with Gasteiger partial charge in [-0.3, -0.25) is 0 Å². The molecule has 2 aliphatic rings. The summed E-state index contributed by atoms with van der Waals surface area (Å²) in [5, 5.41) is 9.27. The van der Waals surface area contributed by atoms with E-state index in [-0.39, 0.29) is 5.92 Å². The Morgan fingerprint density at radius 2 is 1.94 bits per heavy atom. The van der Waals surface area contributed by atoms with Crippen molar-refractivity contribution >= 4 is 0 Å². The van der Waals surface area contributed by atoms with Gasteiger partial charge in [0.1, 0.15) is 6.17 Å². The van der Waals surface area contributed by atoms with Crippen LogP contribution in [0.25, 0.3) is 0 Å². The first-order chi connectivity index (χ1) is 7.59. The summed E-state index contributed by atoms with van der Waals surface area (Å²) in [6.07, 6.45) is 1.72. The molecule has 0 aromatic heterocycles. The number of rotatable bonds is 1. The monoisotopic (exact) mass is 230 g/mol. The zero-order valence-corrected chi connectivity index (χ0v) is 9.70. The van der Waals surface area contributed by atoms with E-state index in [2.05, 4.69) is 13.0 Å². The van der Waals surface area contributed by atoms with Gasteiger partial charge in [0.15, 0.2) is 6.17 Å². The summed E-state index contributed by atoms with van der Waals surface area (Å²) in [6, 6.07) is 0. The minimum Gasteiger partial charge on any atom is -0.390 e. The Kier molecular flexibility index (Phi) is 3.63. The summed E-state index contributed by atoms with van der Waals surface area (Å²) in [5.41, 5.74) is 1.08. The van der Waals surface area contributed by atoms with Gasteiger partial charge in [-0.15, -0.1) is 0 Å². The van der Waals surface area contributed by atoms with E-state index in [1.165, 1.54) is 0 Å². The maximum absolute atomic E-state index is 13.8. The Labute approximate surface area is 95.5 Å². The van der Waals surface area contributed by atoms with Crippen LogP contribution >= 0.6 is 0 Å². The number of aliphatic hydroxyl groups is 1. The topological polar surface area (TPSA) is 20.2 Å². The molecular formula is C13H20F2O. The second-order valence-corrected chi connectivity index (χ2v) is 5.30. The molecule has 0 radical (unpaired) electrons. The summed E-state index contributed by atoms with van der Waals surface area (Å²) in [4.78, 5) is 0. The van der Waals surface area contributed by atoms with E-state index in [0.29, 0.717) is 18.8 Å². The molecule has 3 heteroatoms. The molecular weight excluding hydrogens is 210 g/mol. The molecule has 1 N–H and O–H groups in total. The summed E-state index contributed by atoms with van der Waals surface area (Å²) >= 11 is 0. The first-order valence-electron chi connectivity index (χ1n) is 6.24. The van der Waals surface area contributed by atoms with E-state index in [4.69, 9.17) is 0 Å². The largest absolute Gasteiger partial charge is 0.390 e. The van der Waals surface area contributed by atoms with Crippen LogP contribution in [0.5, 0.6) is 0 Å². The third-order valence-corrected chi connectivity index (χ3v) is 4.01. The number of aliphatic hydroxyl groups excluding tert-OH is 1. The molecule has 2 rings (SSSR count). The molecule has 0 aromatic carbocycles. The van der Waals surface area contributed by atoms with Crippen LogP contribution in [-0.2, 0) is 0 Å². The number of alkyl halides is 2. The molecule has 0 heterocycles. The fourth-order valence-corrected chi connectivity index (χ4v) is 2.82. The maximum atomic E-state index is 13.8. The van der Waals surface area contributed by atoms with Crippen LogP contribution in [0.1, 0.15) is 39.0 Å². The van der Waals surface area contributed by atoms with Gasteiger partial charge in [-0.05, 0) is 38.0 Å². The van der Waals surface area contributed by atoms with Crippen molar-refractivity contribution in [2.24, 2.45) is 11.8 Å². The molecule has 16 heavy (non-hydrogen) atoms. The fourth-order valence-electron chi connectivity index (χ4n) is 2.82. The minimum atomic E-state index is -1.70. The molecule has 1 saturated carbocycles. The van der Waals surface area contributed by atoms with Gasteiger partial charge >= 0.3 is 0 Å². The highest BCUT2D eigenvalue weighted by molar-refractivity contribution is 5.14. The Bertz CT molecular complexity index is 277. The first-order valence-corrected chi connectivity index (χ1v) is 6.24. The second kappa shape index (κ2) is 4.82. The molecule has 0 bridgehead atoms. The first kappa shape index (κ1) is 12.0. The Morgan fingerprint density at radius 1 is 1.19 bits per heavy atom. The summed E-state index contributed by atoms with van der Waals surface area (Å²) < 4.78 is 27.2. The molecule has 0 amide bonds. The van der Waals surface area contributed by atoms with E-state index < -0.39 is 18.4 Å². The lowest BCUT2D eigenvalue weighted by molar-refractivity contribution is -0.0270. The number of allylic oxidation sites excluding steroid dienone is 2. The normalized spacial score (nSPS) is 45.2. The van der Waals surface area contributed by atoms with Crippen molar-refractivity contribution < 1.29 is 13.9 Å². The standard InChI is InChI=1S/C13H20F2O/c1-8-2-4-9(5-3-8)10-6-7-11(16)13(15)12(10)14/h4,8,10-13,16H,2-3,5-7H2,1H3. The lowest BCUT2D eigenvalue weighted by Crippen LogP contribution is -2.42. The average molecular weight is 230 g/mol. The molecule has 2 aliphatic carbocycles. The predicted molar refractivity (Wildman–Crippen MR) is 59.6 cm³/mol. The van der Waals surface area contributed by atoms with E-state index in [1.54, 1.807) is 0 Å². The van der Waals surface area contributed by atoms with E-state index in [9.17, 15) is 13.9 Å². The van der Waals surface area contributed by atoms with Crippen LogP contribution in [-0.4, -0.2) is 23.6 Å². The van der Waals surface area contributed by atoms with E-state index in [1.807, 2.05) is 0 Å². The van der Waals surface area contributed by atoms with Crippen molar-refractivity contribution in [3.63, 3.8) is 0 Å². The zero-order valence-electron chi connectivity index (χ0n) is 9.70. The average Bonchev–Trinajstić information content (AvgIpc) is 2.28. The number of hydrogen-bond donors (Lipinski definition) is 1. The van der Waals surface area contributed by atoms with Crippen molar-refractivity contribution in [2.45, 2.75) is 57.5 Å². The zero-order chi connectivity index (χ0) is 11.7. The van der Waals surface area contributed by atoms with Crippen LogP contribution in [0, 0.1) is 11.8 Å². The molecule has 0 spiro atoms. The van der Waals surface area contributed by atoms with E-state index in [0.717, 1.165) is 24.8 Å². The quantitative estimate of drug-likeness (QED) is 0.686. The molecule has 0 saturated heterocycles. The molecule has 0 aromatic rings. The molecule has 5 atom stereocenters. The highest BCUT2D eigenvalue weighted by Crippen LogP contribution is 2.38. The van der Waals surface area contributed by atoms with Crippen molar-refractivity contribution in [1.82, 2.24) is 0 Å². The van der Waals surface area contributed by atoms with Crippen LogP contribution in [0.4, 0.5) is 8.78 Å². The van der Waals surface area contributed by atoms with Gasteiger partial charge in [-0.2, -0.15) is 0 Å². The molecule has 0 aliphatic heterocycles. The Balaban J connectivity index is 2.04. The third kappa shape index (κ3) is 2.29. The molecule has 5 unspecified atom stereocenters. The van der Waals surface area contributed by atoms with Crippen molar-refractivity contribution in [2.75, 3.05) is 0 Å². The molecule has 1 fully saturated rings. The molecule has 92 valence electrons. The second-order valence-electron chi connectivity index (χ2n) is 5.30. The highest BCUT2D eigenvalue weighted by atomic mass is 19.2. The van der Waals surface area contributed by atoms with Crippen molar-refractivity contribution in [1.29, 1.82) is 0 Å². The maximum Gasteiger partial charge on any atom is 0.157 e. The van der Waals surface area contributed by atoms with Gasteiger partial charge in [0, 0.05) is 5.92 Å². The fraction of sp³-hybridized carbons (Fsp3) is 0.846. The summed E-state index contributed by atoms with van der Waals surface area (Å²) in [7, 11) is 0. The van der Waals surface area contributed by atoms with Crippen LogP contribution in [0.2, 0.25) is 0 Å². The summed E-state index contributed by atoms with van der Waals surface area (Å²) in [6.45, 7) is 2.18. The van der Waals surface area contributed by atoms with Crippen molar-refractivity contribution in [3.05, 3.63) is 11.6 Å².